The number of nitrogens with one attached hydrogen (secondary N) is 1. The molecule has 55 valence electrons. The van der Waals surface area contributed by atoms with Gasteiger partial charge in [-0.3, -0.25) is 14.6 Å². The van der Waals surface area contributed by atoms with E-state index >= 15 is 0 Å². The van der Waals surface area contributed by atoms with Crippen molar-refractivity contribution in [2.75, 3.05) is 0 Å². The van der Waals surface area contributed by atoms with E-state index in [4.69, 9.17) is 0 Å². The number of rotatable bonds is 0. The monoisotopic (exact) mass is 147 g/mol. The Labute approximate surface area is 63.2 Å². The van der Waals surface area contributed by atoms with Gasteiger partial charge in [-0.05, 0) is 12.1 Å². The van der Waals surface area contributed by atoms with Gasteiger partial charge in [0.1, 0.15) is 0 Å². The van der Waals surface area contributed by atoms with E-state index in [-0.39, 0.29) is 5.56 Å². The molecular formula is C8H7N2O. The molecule has 1 heterocycles. The Hall–Kier alpha value is -1.51. The van der Waals surface area contributed by atoms with Gasteiger partial charge in [0.05, 0.1) is 10.9 Å². The van der Waals surface area contributed by atoms with E-state index in [2.05, 4.69) is 11.2 Å². The third-order valence-electron chi connectivity index (χ3n) is 1.69. The van der Waals surface area contributed by atoms with E-state index < -0.39 is 0 Å². The summed E-state index contributed by atoms with van der Waals surface area (Å²) in [5, 5.41) is 3.27. The van der Waals surface area contributed by atoms with Gasteiger partial charge >= 0.3 is 0 Å². The fourth-order valence-corrected chi connectivity index (χ4v) is 1.16. The third-order valence-corrected chi connectivity index (χ3v) is 1.69. The molecule has 1 aromatic heterocycles. The van der Waals surface area contributed by atoms with Gasteiger partial charge in [-0.15, -0.1) is 0 Å². The molecule has 1 radical (unpaired) electrons. The summed E-state index contributed by atoms with van der Waals surface area (Å²) in [4.78, 5) is 11.1. The summed E-state index contributed by atoms with van der Waals surface area (Å²) < 4.78 is 1.69. The number of aromatic nitrogens is 2. The van der Waals surface area contributed by atoms with Crippen LogP contribution in [0.4, 0.5) is 0 Å². The molecule has 11 heavy (non-hydrogen) atoms. The molecule has 0 saturated carbocycles. The van der Waals surface area contributed by atoms with Crippen LogP contribution in [0.25, 0.3) is 10.9 Å². The average Bonchev–Trinajstić information content (AvgIpc) is 2.30. The Kier molecular flexibility index (Phi) is 1.12. The maximum atomic E-state index is 11.1. The SMILES string of the molecule is Cn1[nH]c(=O)c2[c]cccc21. The Balaban J connectivity index is 3.07. The lowest BCUT2D eigenvalue weighted by Gasteiger charge is -1.90. The van der Waals surface area contributed by atoms with E-state index in [1.807, 2.05) is 12.1 Å². The molecule has 0 bridgehead atoms. The lowest BCUT2D eigenvalue weighted by atomic mass is 10.2. The molecule has 0 amide bonds. The maximum absolute atomic E-state index is 11.1. The van der Waals surface area contributed by atoms with Gasteiger partial charge in [-0.1, -0.05) is 12.1 Å². The summed E-state index contributed by atoms with van der Waals surface area (Å²) in [6, 6.07) is 8.34. The van der Waals surface area contributed by atoms with Crippen LogP contribution in [0.1, 0.15) is 0 Å². The van der Waals surface area contributed by atoms with Crippen LogP contribution in [-0.4, -0.2) is 9.78 Å². The lowest BCUT2D eigenvalue weighted by molar-refractivity contribution is 0.783. The van der Waals surface area contributed by atoms with Gasteiger partial charge in [0.25, 0.3) is 5.56 Å². The summed E-state index contributed by atoms with van der Waals surface area (Å²) in [6.07, 6.45) is 0. The van der Waals surface area contributed by atoms with E-state index in [1.165, 1.54) is 0 Å². The van der Waals surface area contributed by atoms with Crippen molar-refractivity contribution in [3.8, 4) is 0 Å². The highest BCUT2D eigenvalue weighted by molar-refractivity contribution is 5.77. The Morgan fingerprint density at radius 1 is 1.64 bits per heavy atom. The number of H-pyrrole nitrogens is 1. The van der Waals surface area contributed by atoms with Crippen LogP contribution in [0, 0.1) is 6.07 Å². The second-order valence-electron chi connectivity index (χ2n) is 2.43. The molecule has 0 spiro atoms. The van der Waals surface area contributed by atoms with Crippen LogP contribution in [-0.2, 0) is 7.05 Å². The van der Waals surface area contributed by atoms with Crippen molar-refractivity contribution >= 4 is 10.9 Å². The molecule has 2 rings (SSSR count). The normalized spacial score (nSPS) is 10.6. The first-order chi connectivity index (χ1) is 5.29. The van der Waals surface area contributed by atoms with Gasteiger partial charge in [0.2, 0.25) is 0 Å². The summed E-state index contributed by atoms with van der Waals surface area (Å²) in [6.45, 7) is 0. The largest absolute Gasteiger partial charge is 0.288 e. The summed E-state index contributed by atoms with van der Waals surface area (Å²) >= 11 is 0. The highest BCUT2D eigenvalue weighted by atomic mass is 16.1. The first kappa shape index (κ1) is 6.22. The van der Waals surface area contributed by atoms with Gasteiger partial charge in [-0.2, -0.15) is 0 Å². The predicted molar refractivity (Wildman–Crippen MR) is 42.4 cm³/mol. The quantitative estimate of drug-likeness (QED) is 0.584. The van der Waals surface area contributed by atoms with Crippen molar-refractivity contribution < 1.29 is 0 Å². The van der Waals surface area contributed by atoms with E-state index in [9.17, 15) is 4.79 Å². The smallest absolute Gasteiger partial charge is 0.272 e. The zero-order chi connectivity index (χ0) is 7.84. The molecule has 2 aromatic rings. The van der Waals surface area contributed by atoms with Crippen molar-refractivity contribution in [2.45, 2.75) is 0 Å². The van der Waals surface area contributed by atoms with Crippen LogP contribution in [0.3, 0.4) is 0 Å². The van der Waals surface area contributed by atoms with Gasteiger partial charge in [0.15, 0.2) is 0 Å². The molecule has 0 atom stereocenters. The summed E-state index contributed by atoms with van der Waals surface area (Å²) in [7, 11) is 1.80. The molecule has 0 aliphatic rings. The Morgan fingerprint density at radius 3 is 3.18 bits per heavy atom. The van der Waals surface area contributed by atoms with E-state index in [0.717, 1.165) is 5.52 Å². The minimum atomic E-state index is -0.0805. The Morgan fingerprint density at radius 2 is 2.45 bits per heavy atom. The molecule has 1 N–H and O–H groups in total. The first-order valence-electron chi connectivity index (χ1n) is 3.34. The average molecular weight is 147 g/mol. The fraction of sp³-hybridized carbons (Fsp3) is 0.125. The fourth-order valence-electron chi connectivity index (χ4n) is 1.16. The lowest BCUT2D eigenvalue weighted by Crippen LogP contribution is -2.01. The number of aromatic amines is 1. The Bertz CT molecular complexity index is 439. The zero-order valence-electron chi connectivity index (χ0n) is 6.09. The van der Waals surface area contributed by atoms with Gasteiger partial charge < -0.3 is 0 Å². The molecule has 1 aromatic carbocycles. The molecular weight excluding hydrogens is 140 g/mol. The number of hydrogen-bond acceptors (Lipinski definition) is 1. The van der Waals surface area contributed by atoms with Crippen LogP contribution < -0.4 is 5.56 Å². The van der Waals surface area contributed by atoms with E-state index in [1.54, 1.807) is 17.8 Å². The van der Waals surface area contributed by atoms with Crippen LogP contribution in [0.2, 0.25) is 0 Å². The van der Waals surface area contributed by atoms with Crippen LogP contribution >= 0.6 is 0 Å². The van der Waals surface area contributed by atoms with Crippen LogP contribution in [0.5, 0.6) is 0 Å². The van der Waals surface area contributed by atoms with Crippen molar-refractivity contribution in [3.05, 3.63) is 34.6 Å². The number of aryl methyl sites for hydroxylation is 1. The summed E-state index contributed by atoms with van der Waals surface area (Å²) in [5.41, 5.74) is 0.806. The zero-order valence-corrected chi connectivity index (χ0v) is 6.09. The molecule has 3 heteroatoms. The second kappa shape index (κ2) is 1.99. The molecule has 0 fully saturated rings. The molecule has 0 aliphatic heterocycles. The van der Waals surface area contributed by atoms with Crippen molar-refractivity contribution in [1.82, 2.24) is 9.78 Å². The highest BCUT2D eigenvalue weighted by Crippen LogP contribution is 2.05. The number of benzene rings is 1. The standard InChI is InChI=1S/C8H7N2O/c1-10-7-5-3-2-4-6(7)8(11)9-10/h2-3,5H,1H3,(H,9,11). The maximum Gasteiger partial charge on any atom is 0.272 e. The van der Waals surface area contributed by atoms with Crippen molar-refractivity contribution in [3.63, 3.8) is 0 Å². The molecule has 0 unspecified atom stereocenters. The van der Waals surface area contributed by atoms with Gasteiger partial charge in [-0.25, -0.2) is 0 Å². The van der Waals surface area contributed by atoms with Crippen LogP contribution in [0.15, 0.2) is 23.0 Å². The van der Waals surface area contributed by atoms with Crippen molar-refractivity contribution in [2.24, 2.45) is 7.05 Å². The number of fused-ring (bicyclic) bond motifs is 1. The first-order valence-corrected chi connectivity index (χ1v) is 3.34. The molecule has 0 saturated heterocycles. The topological polar surface area (TPSA) is 37.8 Å². The van der Waals surface area contributed by atoms with Gasteiger partial charge in [0, 0.05) is 7.05 Å². The molecule has 3 nitrogen and oxygen atoms in total. The third kappa shape index (κ3) is 0.774. The summed E-state index contributed by atoms with van der Waals surface area (Å²) in [5.74, 6) is 0. The predicted octanol–water partition coefficient (Wildman–Crippen LogP) is 0.667. The van der Waals surface area contributed by atoms with E-state index in [0.29, 0.717) is 5.39 Å². The second-order valence-corrected chi connectivity index (χ2v) is 2.43. The number of nitrogens with zero attached hydrogens (tertiary/aromatic N) is 1. The number of hydrogen-bond donors (Lipinski definition) is 1. The molecule has 0 aliphatic carbocycles. The highest BCUT2D eigenvalue weighted by Gasteiger charge is 2.00. The van der Waals surface area contributed by atoms with Crippen molar-refractivity contribution in [1.29, 1.82) is 0 Å². The minimum absolute atomic E-state index is 0.0805. The minimum Gasteiger partial charge on any atom is -0.288 e.